The molecule has 4 heteroatoms. The maximum atomic E-state index is 12.4. The molecule has 23 heavy (non-hydrogen) atoms. The van der Waals surface area contributed by atoms with E-state index in [9.17, 15) is 9.59 Å². The highest BCUT2D eigenvalue weighted by Gasteiger charge is 2.39. The van der Waals surface area contributed by atoms with Crippen molar-refractivity contribution in [3.8, 4) is 0 Å². The lowest BCUT2D eigenvalue weighted by Crippen LogP contribution is -2.34. The predicted octanol–water partition coefficient (Wildman–Crippen LogP) is 3.73. The van der Waals surface area contributed by atoms with Crippen molar-refractivity contribution >= 4 is 17.5 Å². The number of hydrogen-bond acceptors (Lipinski definition) is 2. The first-order chi connectivity index (χ1) is 11.1. The molecule has 0 heterocycles. The number of benzene rings is 1. The van der Waals surface area contributed by atoms with Crippen molar-refractivity contribution in [3.63, 3.8) is 0 Å². The Morgan fingerprint density at radius 1 is 1.09 bits per heavy atom. The van der Waals surface area contributed by atoms with Gasteiger partial charge in [-0.3, -0.25) is 9.59 Å². The van der Waals surface area contributed by atoms with Crippen LogP contribution in [-0.4, -0.2) is 17.9 Å². The maximum Gasteiger partial charge on any atom is 0.251 e. The lowest BCUT2D eigenvalue weighted by molar-refractivity contribution is -0.117. The fourth-order valence-corrected chi connectivity index (χ4v) is 3.35. The average molecular weight is 314 g/mol. The Balaban J connectivity index is 1.59. The second kappa shape index (κ2) is 7.16. The molecule has 4 nitrogen and oxygen atoms in total. The molecule has 2 atom stereocenters. The van der Waals surface area contributed by atoms with Gasteiger partial charge >= 0.3 is 0 Å². The van der Waals surface area contributed by atoms with Gasteiger partial charge in [0, 0.05) is 23.2 Å². The molecular weight excluding hydrogens is 288 g/mol. The molecule has 2 aliphatic carbocycles. The molecule has 0 aliphatic heterocycles. The van der Waals surface area contributed by atoms with Gasteiger partial charge in [0.25, 0.3) is 5.91 Å². The summed E-state index contributed by atoms with van der Waals surface area (Å²) in [4.78, 5) is 24.4. The highest BCUT2D eigenvalue weighted by molar-refractivity contribution is 5.98. The third-order valence-corrected chi connectivity index (χ3v) is 5.03. The van der Waals surface area contributed by atoms with E-state index in [1.54, 1.807) is 12.1 Å². The van der Waals surface area contributed by atoms with E-state index in [-0.39, 0.29) is 23.8 Å². The van der Waals surface area contributed by atoms with Gasteiger partial charge in [-0.1, -0.05) is 38.7 Å². The van der Waals surface area contributed by atoms with Crippen molar-refractivity contribution in [3.05, 3.63) is 29.8 Å². The van der Waals surface area contributed by atoms with Gasteiger partial charge in [-0.2, -0.15) is 0 Å². The van der Waals surface area contributed by atoms with Crippen LogP contribution in [0.5, 0.6) is 0 Å². The number of hydrogen-bond donors (Lipinski definition) is 2. The topological polar surface area (TPSA) is 58.2 Å². The minimum atomic E-state index is -0.0345. The van der Waals surface area contributed by atoms with Crippen LogP contribution in [-0.2, 0) is 4.79 Å². The fraction of sp³-hybridized carbons (Fsp3) is 0.579. The molecule has 2 aliphatic rings. The first kappa shape index (κ1) is 16.0. The van der Waals surface area contributed by atoms with Gasteiger partial charge in [0.05, 0.1) is 0 Å². The lowest BCUT2D eigenvalue weighted by Gasteiger charge is -2.16. The minimum Gasteiger partial charge on any atom is -0.349 e. The van der Waals surface area contributed by atoms with Gasteiger partial charge in [0.1, 0.15) is 0 Å². The van der Waals surface area contributed by atoms with Gasteiger partial charge in [-0.15, -0.1) is 0 Å². The van der Waals surface area contributed by atoms with Crippen LogP contribution in [0, 0.1) is 11.8 Å². The van der Waals surface area contributed by atoms with Crippen LogP contribution in [0.4, 0.5) is 5.69 Å². The summed E-state index contributed by atoms with van der Waals surface area (Å²) in [5, 5.41) is 6.07. The van der Waals surface area contributed by atoms with E-state index < -0.39 is 0 Å². The average Bonchev–Trinajstić information content (AvgIpc) is 3.31. The molecule has 2 N–H and O–H groups in total. The van der Waals surface area contributed by atoms with E-state index in [0.717, 1.165) is 19.3 Å². The first-order valence-electron chi connectivity index (χ1n) is 8.85. The smallest absolute Gasteiger partial charge is 0.251 e. The zero-order valence-corrected chi connectivity index (χ0v) is 13.8. The number of nitrogens with one attached hydrogen (secondary N) is 2. The molecule has 0 radical (unpaired) electrons. The van der Waals surface area contributed by atoms with Crippen molar-refractivity contribution < 1.29 is 9.59 Å². The van der Waals surface area contributed by atoms with Crippen molar-refractivity contribution in [1.82, 2.24) is 5.32 Å². The molecule has 0 spiro atoms. The third kappa shape index (κ3) is 4.34. The van der Waals surface area contributed by atoms with Gasteiger partial charge in [-0.25, -0.2) is 0 Å². The molecule has 0 aromatic heterocycles. The Hall–Kier alpha value is -1.84. The molecule has 0 bridgehead atoms. The summed E-state index contributed by atoms with van der Waals surface area (Å²) >= 11 is 0. The second-order valence-corrected chi connectivity index (χ2v) is 7.05. The maximum absolute atomic E-state index is 12.4. The molecule has 1 aromatic carbocycles. The first-order valence-corrected chi connectivity index (χ1v) is 8.85. The van der Waals surface area contributed by atoms with Crippen LogP contribution >= 0.6 is 0 Å². The summed E-state index contributed by atoms with van der Waals surface area (Å²) in [5.74, 6) is 0.654. The summed E-state index contributed by atoms with van der Waals surface area (Å²) in [7, 11) is 0. The highest BCUT2D eigenvalue weighted by atomic mass is 16.2. The van der Waals surface area contributed by atoms with Crippen molar-refractivity contribution in [2.75, 3.05) is 5.32 Å². The molecule has 0 saturated heterocycles. The Bertz CT molecular complexity index is 576. The number of carbonyl (C=O) groups is 2. The summed E-state index contributed by atoms with van der Waals surface area (Å²) in [6.07, 6.45) is 8.04. The summed E-state index contributed by atoms with van der Waals surface area (Å²) in [6.45, 7) is 2.08. The van der Waals surface area contributed by atoms with Gasteiger partial charge in [0.15, 0.2) is 0 Å². The Morgan fingerprint density at radius 2 is 1.78 bits per heavy atom. The van der Waals surface area contributed by atoms with Crippen LogP contribution < -0.4 is 10.6 Å². The zero-order valence-electron chi connectivity index (χ0n) is 13.8. The lowest BCUT2D eigenvalue weighted by atomic mass is 10.1. The van der Waals surface area contributed by atoms with E-state index in [4.69, 9.17) is 0 Å². The summed E-state index contributed by atoms with van der Waals surface area (Å²) in [5.41, 5.74) is 1.33. The molecule has 2 saturated carbocycles. The summed E-state index contributed by atoms with van der Waals surface area (Å²) < 4.78 is 0. The SMILES string of the molecule is CC1CC1C(=O)Nc1cccc(C(=O)NC2CCCCCC2)c1. The number of carbonyl (C=O) groups excluding carboxylic acids is 2. The van der Waals surface area contributed by atoms with Gasteiger partial charge in [-0.05, 0) is 43.4 Å². The van der Waals surface area contributed by atoms with E-state index in [1.165, 1.54) is 25.7 Å². The Labute approximate surface area is 138 Å². The minimum absolute atomic E-state index is 0.0345. The van der Waals surface area contributed by atoms with Crippen molar-refractivity contribution in [2.24, 2.45) is 11.8 Å². The zero-order chi connectivity index (χ0) is 16.2. The number of anilines is 1. The van der Waals surface area contributed by atoms with Crippen LogP contribution in [0.15, 0.2) is 24.3 Å². The molecule has 2 amide bonds. The van der Waals surface area contributed by atoms with E-state index in [1.807, 2.05) is 12.1 Å². The standard InChI is InChI=1S/C19H26N2O2/c1-13-11-17(13)19(23)21-16-10-6-7-14(12-16)18(22)20-15-8-4-2-3-5-9-15/h6-7,10,12-13,15,17H,2-5,8-9,11H2,1H3,(H,20,22)(H,21,23). The third-order valence-electron chi connectivity index (χ3n) is 5.03. The summed E-state index contributed by atoms with van der Waals surface area (Å²) in [6, 6.07) is 7.54. The van der Waals surface area contributed by atoms with Gasteiger partial charge < -0.3 is 10.6 Å². The van der Waals surface area contributed by atoms with Crippen LogP contribution in [0.3, 0.4) is 0 Å². The van der Waals surface area contributed by atoms with Crippen molar-refractivity contribution in [2.45, 2.75) is 57.9 Å². The predicted molar refractivity (Wildman–Crippen MR) is 91.3 cm³/mol. The van der Waals surface area contributed by atoms with Crippen molar-refractivity contribution in [1.29, 1.82) is 0 Å². The number of rotatable bonds is 4. The molecule has 1 aromatic rings. The monoisotopic (exact) mass is 314 g/mol. The van der Waals surface area contributed by atoms with Gasteiger partial charge in [0.2, 0.25) is 5.91 Å². The number of amides is 2. The molecule has 2 unspecified atom stereocenters. The van der Waals surface area contributed by atoms with E-state index >= 15 is 0 Å². The van der Waals surface area contributed by atoms with Crippen LogP contribution in [0.2, 0.25) is 0 Å². The molecular formula is C19H26N2O2. The van der Waals surface area contributed by atoms with E-state index in [2.05, 4.69) is 17.6 Å². The van der Waals surface area contributed by atoms with E-state index in [0.29, 0.717) is 17.2 Å². The molecule has 3 rings (SSSR count). The Kier molecular flexibility index (Phi) is 4.99. The second-order valence-electron chi connectivity index (χ2n) is 7.05. The fourth-order valence-electron chi connectivity index (χ4n) is 3.35. The van der Waals surface area contributed by atoms with Crippen LogP contribution in [0.1, 0.15) is 62.2 Å². The quantitative estimate of drug-likeness (QED) is 0.832. The van der Waals surface area contributed by atoms with Crippen LogP contribution in [0.25, 0.3) is 0 Å². The normalized spacial score (nSPS) is 24.6. The highest BCUT2D eigenvalue weighted by Crippen LogP contribution is 2.38. The largest absolute Gasteiger partial charge is 0.349 e. The molecule has 124 valence electrons. The Morgan fingerprint density at radius 3 is 2.43 bits per heavy atom. The molecule has 2 fully saturated rings.